The van der Waals surface area contributed by atoms with E-state index in [9.17, 15) is 18.0 Å². The third-order valence-electron chi connectivity index (χ3n) is 4.02. The van der Waals surface area contributed by atoms with Crippen molar-refractivity contribution in [3.05, 3.63) is 23.8 Å². The summed E-state index contributed by atoms with van der Waals surface area (Å²) in [5.74, 6) is -1.47. The van der Waals surface area contributed by atoms with E-state index in [4.69, 9.17) is 5.11 Å². The summed E-state index contributed by atoms with van der Waals surface area (Å²) in [6.07, 6.45) is 0.414. The molecule has 132 valence electrons. The molecule has 1 fully saturated rings. The number of aryl methyl sites for hydroxylation is 1. The Morgan fingerprint density at radius 1 is 1.33 bits per heavy atom. The number of benzene rings is 1. The summed E-state index contributed by atoms with van der Waals surface area (Å²) in [5, 5.41) is 11.6. The molecular weight excluding hydrogens is 334 g/mol. The summed E-state index contributed by atoms with van der Waals surface area (Å²) < 4.78 is 25.7. The summed E-state index contributed by atoms with van der Waals surface area (Å²) in [4.78, 5) is 24.7. The number of carboxylic acid groups (broad SMARTS) is 1. The number of amides is 2. The monoisotopic (exact) mass is 355 g/mol. The van der Waals surface area contributed by atoms with Gasteiger partial charge in [-0.05, 0) is 31.0 Å². The van der Waals surface area contributed by atoms with Crippen LogP contribution in [0, 0.1) is 12.8 Å². The van der Waals surface area contributed by atoms with Gasteiger partial charge in [-0.15, -0.1) is 0 Å². The van der Waals surface area contributed by atoms with Gasteiger partial charge in [0.05, 0.1) is 10.8 Å². The smallest absolute Gasteiger partial charge is 0.321 e. The van der Waals surface area contributed by atoms with Gasteiger partial charge in [0, 0.05) is 32.9 Å². The van der Waals surface area contributed by atoms with Gasteiger partial charge in [-0.25, -0.2) is 17.5 Å². The average Bonchev–Trinajstić information content (AvgIpc) is 2.99. The second-order valence-electron chi connectivity index (χ2n) is 5.97. The van der Waals surface area contributed by atoms with E-state index in [1.54, 1.807) is 19.1 Å². The van der Waals surface area contributed by atoms with E-state index in [-0.39, 0.29) is 11.4 Å². The molecule has 1 aromatic carbocycles. The second kappa shape index (κ2) is 6.78. The Balaban J connectivity index is 2.17. The van der Waals surface area contributed by atoms with Gasteiger partial charge in [0.15, 0.2) is 0 Å². The van der Waals surface area contributed by atoms with Gasteiger partial charge in [-0.1, -0.05) is 6.07 Å². The van der Waals surface area contributed by atoms with E-state index in [0.717, 1.165) is 4.31 Å². The minimum Gasteiger partial charge on any atom is -0.481 e. The predicted octanol–water partition coefficient (Wildman–Crippen LogP) is 1.18. The molecule has 2 rings (SSSR count). The van der Waals surface area contributed by atoms with Crippen LogP contribution in [0.2, 0.25) is 0 Å². The van der Waals surface area contributed by atoms with Crippen LogP contribution in [0.15, 0.2) is 23.1 Å². The fourth-order valence-corrected chi connectivity index (χ4v) is 3.65. The molecule has 24 heavy (non-hydrogen) atoms. The number of rotatable bonds is 4. The Morgan fingerprint density at radius 2 is 2.00 bits per heavy atom. The maximum atomic E-state index is 12.3. The highest BCUT2D eigenvalue weighted by Crippen LogP contribution is 2.23. The molecule has 8 nitrogen and oxygen atoms in total. The van der Waals surface area contributed by atoms with E-state index < -0.39 is 27.9 Å². The van der Waals surface area contributed by atoms with E-state index in [1.807, 2.05) is 0 Å². The van der Waals surface area contributed by atoms with Crippen molar-refractivity contribution in [2.45, 2.75) is 18.2 Å². The Morgan fingerprint density at radius 3 is 2.54 bits per heavy atom. The summed E-state index contributed by atoms with van der Waals surface area (Å²) in [7, 11) is -0.733. The minimum atomic E-state index is -3.61. The zero-order valence-corrected chi connectivity index (χ0v) is 14.6. The molecule has 0 aromatic heterocycles. The van der Waals surface area contributed by atoms with Crippen molar-refractivity contribution in [1.82, 2.24) is 9.21 Å². The number of anilines is 1. The SMILES string of the molecule is Cc1ccc(NC(=O)N2CCC(C(=O)O)C2)cc1S(=O)(=O)N(C)C. The molecule has 9 heteroatoms. The molecular formula is C15H21N3O5S. The summed E-state index contributed by atoms with van der Waals surface area (Å²) in [5.41, 5.74) is 0.929. The number of hydrogen-bond acceptors (Lipinski definition) is 4. The molecule has 0 radical (unpaired) electrons. The highest BCUT2D eigenvalue weighted by molar-refractivity contribution is 7.89. The number of nitrogens with zero attached hydrogens (tertiary/aromatic N) is 2. The van der Waals surface area contributed by atoms with Crippen molar-refractivity contribution in [2.24, 2.45) is 5.92 Å². The summed E-state index contributed by atoms with van der Waals surface area (Å²) in [6.45, 7) is 2.19. The molecule has 1 aromatic rings. The van der Waals surface area contributed by atoms with Crippen LogP contribution in [0.3, 0.4) is 0 Å². The summed E-state index contributed by atoms with van der Waals surface area (Å²) in [6, 6.07) is 4.21. The van der Waals surface area contributed by atoms with Crippen LogP contribution in [0.25, 0.3) is 0 Å². The number of hydrogen-bond donors (Lipinski definition) is 2. The van der Waals surface area contributed by atoms with Crippen LogP contribution in [0.1, 0.15) is 12.0 Å². The maximum absolute atomic E-state index is 12.3. The van der Waals surface area contributed by atoms with Gasteiger partial charge in [-0.2, -0.15) is 0 Å². The highest BCUT2D eigenvalue weighted by Gasteiger charge is 2.31. The number of urea groups is 1. The number of carbonyl (C=O) groups is 2. The predicted molar refractivity (Wildman–Crippen MR) is 88.4 cm³/mol. The van der Waals surface area contributed by atoms with E-state index in [1.165, 1.54) is 25.1 Å². The first kappa shape index (κ1) is 18.2. The lowest BCUT2D eigenvalue weighted by Crippen LogP contribution is -2.33. The average molecular weight is 355 g/mol. The first-order valence-electron chi connectivity index (χ1n) is 7.45. The number of carboxylic acids is 1. The number of carbonyl (C=O) groups excluding carboxylic acids is 1. The number of aliphatic carboxylic acids is 1. The maximum Gasteiger partial charge on any atom is 0.321 e. The molecule has 0 bridgehead atoms. The van der Waals surface area contributed by atoms with Crippen molar-refractivity contribution >= 4 is 27.7 Å². The molecule has 1 atom stereocenters. The lowest BCUT2D eigenvalue weighted by Gasteiger charge is -2.18. The molecule has 1 unspecified atom stereocenters. The minimum absolute atomic E-state index is 0.120. The Kier molecular flexibility index (Phi) is 5.14. The molecule has 1 aliphatic heterocycles. The molecule has 1 heterocycles. The van der Waals surface area contributed by atoms with Crippen LogP contribution in [-0.2, 0) is 14.8 Å². The summed E-state index contributed by atoms with van der Waals surface area (Å²) >= 11 is 0. The Bertz CT molecular complexity index is 760. The van der Waals surface area contributed by atoms with Crippen LogP contribution in [0.5, 0.6) is 0 Å². The normalized spacial score (nSPS) is 18.0. The third kappa shape index (κ3) is 3.68. The van der Waals surface area contributed by atoms with Crippen molar-refractivity contribution in [2.75, 3.05) is 32.5 Å². The molecule has 1 aliphatic rings. The number of nitrogens with one attached hydrogen (secondary N) is 1. The van der Waals surface area contributed by atoms with Gasteiger partial charge in [-0.3, -0.25) is 4.79 Å². The van der Waals surface area contributed by atoms with Gasteiger partial charge in [0.2, 0.25) is 10.0 Å². The van der Waals surface area contributed by atoms with Crippen LogP contribution in [0.4, 0.5) is 10.5 Å². The number of likely N-dealkylation sites (tertiary alicyclic amines) is 1. The molecule has 0 aliphatic carbocycles. The first-order valence-corrected chi connectivity index (χ1v) is 8.89. The molecule has 2 amide bonds. The number of sulfonamides is 1. The highest BCUT2D eigenvalue weighted by atomic mass is 32.2. The van der Waals surface area contributed by atoms with Crippen molar-refractivity contribution < 1.29 is 23.1 Å². The molecule has 1 saturated heterocycles. The van der Waals surface area contributed by atoms with Crippen LogP contribution in [-0.4, -0.2) is 61.9 Å². The van der Waals surface area contributed by atoms with E-state index in [2.05, 4.69) is 5.32 Å². The zero-order chi connectivity index (χ0) is 18.1. The second-order valence-corrected chi connectivity index (χ2v) is 8.09. The molecule has 2 N–H and O–H groups in total. The van der Waals surface area contributed by atoms with Gasteiger partial charge in [0.1, 0.15) is 0 Å². The van der Waals surface area contributed by atoms with Gasteiger partial charge >= 0.3 is 12.0 Å². The van der Waals surface area contributed by atoms with Gasteiger partial charge < -0.3 is 15.3 Å². The Labute approximate surface area is 141 Å². The van der Waals surface area contributed by atoms with Gasteiger partial charge in [0.25, 0.3) is 0 Å². The quantitative estimate of drug-likeness (QED) is 0.843. The van der Waals surface area contributed by atoms with Crippen LogP contribution >= 0.6 is 0 Å². The Hall–Kier alpha value is -2.13. The van der Waals surface area contributed by atoms with E-state index in [0.29, 0.717) is 24.2 Å². The largest absolute Gasteiger partial charge is 0.481 e. The molecule has 0 spiro atoms. The van der Waals surface area contributed by atoms with Crippen LogP contribution < -0.4 is 5.32 Å². The lowest BCUT2D eigenvalue weighted by atomic mass is 10.1. The zero-order valence-electron chi connectivity index (χ0n) is 13.8. The van der Waals surface area contributed by atoms with E-state index >= 15 is 0 Å². The van der Waals surface area contributed by atoms with Crippen molar-refractivity contribution in [3.8, 4) is 0 Å². The fourth-order valence-electron chi connectivity index (χ4n) is 2.50. The topological polar surface area (TPSA) is 107 Å². The first-order chi connectivity index (χ1) is 11.1. The third-order valence-corrected chi connectivity index (χ3v) is 5.98. The standard InChI is InChI=1S/C15H21N3O5S/c1-10-4-5-12(8-13(10)24(22,23)17(2)3)16-15(21)18-7-6-11(9-18)14(19)20/h4-5,8,11H,6-7,9H2,1-3H3,(H,16,21)(H,19,20). The lowest BCUT2D eigenvalue weighted by molar-refractivity contribution is -0.141. The fraction of sp³-hybridized carbons (Fsp3) is 0.467. The van der Waals surface area contributed by atoms with Crippen molar-refractivity contribution in [3.63, 3.8) is 0 Å². The molecule has 0 saturated carbocycles. The van der Waals surface area contributed by atoms with Crippen molar-refractivity contribution in [1.29, 1.82) is 0 Å².